The molecule has 1 saturated heterocycles. The Bertz CT molecular complexity index is 546. The van der Waals surface area contributed by atoms with E-state index in [1.807, 2.05) is 23.1 Å². The predicted molar refractivity (Wildman–Crippen MR) is 84.9 cm³/mol. The first kappa shape index (κ1) is 15.1. The van der Waals surface area contributed by atoms with Gasteiger partial charge in [0.2, 0.25) is 5.91 Å². The fourth-order valence-corrected chi connectivity index (χ4v) is 3.71. The standard InChI is InChI=1S/C18H24N2O3/c21-17(11-14-3-1-2-8-19-14)20-9-10-22-16-7-6-15(20)18(16)23-12-13-4-5-13/h1-3,8,13,15-16,18H,4-7,9-12H2/t15-,16-,18-/m0/s1. The van der Waals surface area contributed by atoms with Crippen molar-refractivity contribution in [2.75, 3.05) is 19.8 Å². The maximum atomic E-state index is 12.8. The Labute approximate surface area is 137 Å². The molecule has 1 aromatic rings. The molecular weight excluding hydrogens is 292 g/mol. The molecule has 2 aliphatic carbocycles. The summed E-state index contributed by atoms with van der Waals surface area (Å²) in [6.45, 7) is 2.10. The van der Waals surface area contributed by atoms with Crippen LogP contribution in [0, 0.1) is 5.92 Å². The van der Waals surface area contributed by atoms with Crippen LogP contribution in [0.5, 0.6) is 0 Å². The monoisotopic (exact) mass is 316 g/mol. The summed E-state index contributed by atoms with van der Waals surface area (Å²) in [5.74, 6) is 0.871. The summed E-state index contributed by atoms with van der Waals surface area (Å²) in [6.07, 6.45) is 6.84. The number of aromatic nitrogens is 1. The first-order chi connectivity index (χ1) is 11.3. The maximum Gasteiger partial charge on any atom is 0.229 e. The van der Waals surface area contributed by atoms with Crippen LogP contribution in [-0.2, 0) is 20.7 Å². The second kappa shape index (κ2) is 6.57. The van der Waals surface area contributed by atoms with E-state index in [0.29, 0.717) is 19.6 Å². The summed E-state index contributed by atoms with van der Waals surface area (Å²) in [4.78, 5) is 19.0. The van der Waals surface area contributed by atoms with Crippen molar-refractivity contribution in [3.8, 4) is 0 Å². The molecule has 1 aliphatic heterocycles. The Morgan fingerprint density at radius 1 is 1.30 bits per heavy atom. The van der Waals surface area contributed by atoms with E-state index in [0.717, 1.165) is 31.1 Å². The van der Waals surface area contributed by atoms with Gasteiger partial charge in [-0.3, -0.25) is 9.78 Å². The molecule has 0 aromatic carbocycles. The Morgan fingerprint density at radius 3 is 3.00 bits per heavy atom. The van der Waals surface area contributed by atoms with Gasteiger partial charge in [-0.25, -0.2) is 0 Å². The number of carbonyl (C=O) groups excluding carboxylic acids is 1. The number of ether oxygens (including phenoxy) is 2. The highest BCUT2D eigenvalue weighted by Gasteiger charge is 2.45. The molecule has 3 aliphatic rings. The molecule has 1 aromatic heterocycles. The zero-order valence-electron chi connectivity index (χ0n) is 13.4. The minimum Gasteiger partial charge on any atom is -0.374 e. The van der Waals surface area contributed by atoms with E-state index in [-0.39, 0.29) is 24.2 Å². The van der Waals surface area contributed by atoms with E-state index in [1.165, 1.54) is 12.8 Å². The van der Waals surface area contributed by atoms with Gasteiger partial charge >= 0.3 is 0 Å². The summed E-state index contributed by atoms with van der Waals surface area (Å²) < 4.78 is 12.1. The van der Waals surface area contributed by atoms with E-state index in [4.69, 9.17) is 9.47 Å². The lowest BCUT2D eigenvalue weighted by molar-refractivity contribution is -0.135. The minimum absolute atomic E-state index is 0.0470. The molecule has 23 heavy (non-hydrogen) atoms. The van der Waals surface area contributed by atoms with Crippen LogP contribution < -0.4 is 0 Å². The number of rotatable bonds is 5. The average Bonchev–Trinajstić information content (AvgIpc) is 3.31. The van der Waals surface area contributed by atoms with Crippen LogP contribution in [0.3, 0.4) is 0 Å². The number of hydrogen-bond acceptors (Lipinski definition) is 4. The summed E-state index contributed by atoms with van der Waals surface area (Å²) in [5, 5.41) is 0. The van der Waals surface area contributed by atoms with Crippen molar-refractivity contribution in [2.45, 2.75) is 50.4 Å². The van der Waals surface area contributed by atoms with Crippen LogP contribution in [0.2, 0.25) is 0 Å². The minimum atomic E-state index is 0.0470. The lowest BCUT2D eigenvalue weighted by Gasteiger charge is -2.31. The van der Waals surface area contributed by atoms with Gasteiger partial charge in [0.1, 0.15) is 6.10 Å². The Kier molecular flexibility index (Phi) is 4.31. The van der Waals surface area contributed by atoms with Crippen LogP contribution in [-0.4, -0.2) is 53.8 Å². The zero-order chi connectivity index (χ0) is 15.6. The first-order valence-corrected chi connectivity index (χ1v) is 8.74. The number of carbonyl (C=O) groups is 1. The van der Waals surface area contributed by atoms with Crippen molar-refractivity contribution in [3.05, 3.63) is 30.1 Å². The molecule has 4 rings (SSSR count). The summed E-state index contributed by atoms with van der Waals surface area (Å²) >= 11 is 0. The van der Waals surface area contributed by atoms with Gasteiger partial charge in [0.15, 0.2) is 0 Å². The lowest BCUT2D eigenvalue weighted by atomic mass is 10.1. The second-order valence-electron chi connectivity index (χ2n) is 6.88. The number of amides is 1. The number of nitrogens with zero attached hydrogens (tertiary/aromatic N) is 2. The largest absolute Gasteiger partial charge is 0.374 e. The van der Waals surface area contributed by atoms with Gasteiger partial charge in [0.05, 0.1) is 25.2 Å². The van der Waals surface area contributed by atoms with Crippen molar-refractivity contribution in [2.24, 2.45) is 5.92 Å². The average molecular weight is 316 g/mol. The van der Waals surface area contributed by atoms with Crippen LogP contribution in [0.1, 0.15) is 31.4 Å². The fraction of sp³-hybridized carbons (Fsp3) is 0.667. The normalized spacial score (nSPS) is 30.3. The molecule has 5 nitrogen and oxygen atoms in total. The Hall–Kier alpha value is -1.46. The molecule has 5 heteroatoms. The zero-order valence-corrected chi connectivity index (χ0v) is 13.4. The van der Waals surface area contributed by atoms with Crippen molar-refractivity contribution in [1.82, 2.24) is 9.88 Å². The van der Waals surface area contributed by atoms with E-state index in [2.05, 4.69) is 4.98 Å². The predicted octanol–water partition coefficient (Wildman–Crippen LogP) is 1.81. The van der Waals surface area contributed by atoms with E-state index < -0.39 is 0 Å². The second-order valence-corrected chi connectivity index (χ2v) is 6.88. The third kappa shape index (κ3) is 3.40. The number of hydrogen-bond donors (Lipinski definition) is 0. The first-order valence-electron chi connectivity index (χ1n) is 8.74. The van der Waals surface area contributed by atoms with Gasteiger partial charge in [-0.05, 0) is 43.7 Å². The highest BCUT2D eigenvalue weighted by Crippen LogP contribution is 2.35. The molecule has 2 heterocycles. The molecule has 3 atom stereocenters. The van der Waals surface area contributed by atoms with Crippen LogP contribution in [0.15, 0.2) is 24.4 Å². The third-order valence-corrected chi connectivity index (χ3v) is 5.16. The van der Waals surface area contributed by atoms with Gasteiger partial charge in [-0.1, -0.05) is 6.07 Å². The number of fused-ring (bicyclic) bond motifs is 2. The smallest absolute Gasteiger partial charge is 0.229 e. The highest BCUT2D eigenvalue weighted by molar-refractivity contribution is 5.78. The van der Waals surface area contributed by atoms with Crippen LogP contribution in [0.25, 0.3) is 0 Å². The molecule has 2 bridgehead atoms. The summed E-state index contributed by atoms with van der Waals surface area (Å²) in [5.41, 5.74) is 0.827. The van der Waals surface area contributed by atoms with Crippen molar-refractivity contribution >= 4 is 5.91 Å². The van der Waals surface area contributed by atoms with Crippen LogP contribution in [0.4, 0.5) is 0 Å². The Balaban J connectivity index is 1.44. The topological polar surface area (TPSA) is 51.7 Å². The van der Waals surface area contributed by atoms with Gasteiger partial charge in [-0.2, -0.15) is 0 Å². The molecular formula is C18H24N2O3. The van der Waals surface area contributed by atoms with Crippen molar-refractivity contribution < 1.29 is 14.3 Å². The highest BCUT2D eigenvalue weighted by atomic mass is 16.5. The van der Waals surface area contributed by atoms with E-state index in [1.54, 1.807) is 6.20 Å². The maximum absolute atomic E-state index is 12.8. The summed E-state index contributed by atoms with van der Waals surface area (Å²) in [6, 6.07) is 5.87. The summed E-state index contributed by atoms with van der Waals surface area (Å²) in [7, 11) is 0. The van der Waals surface area contributed by atoms with E-state index in [9.17, 15) is 4.79 Å². The molecule has 124 valence electrons. The Morgan fingerprint density at radius 2 is 2.22 bits per heavy atom. The van der Waals surface area contributed by atoms with Gasteiger partial charge in [0.25, 0.3) is 0 Å². The fourth-order valence-electron chi connectivity index (χ4n) is 3.71. The van der Waals surface area contributed by atoms with Crippen LogP contribution >= 0.6 is 0 Å². The molecule has 0 radical (unpaired) electrons. The SMILES string of the molecule is O=C(Cc1ccccn1)N1CCO[C@H]2CC[C@H]1[C@@H]2OCC1CC1. The molecule has 2 saturated carbocycles. The third-order valence-electron chi connectivity index (χ3n) is 5.16. The van der Waals surface area contributed by atoms with Gasteiger partial charge < -0.3 is 14.4 Å². The molecule has 0 N–H and O–H groups in total. The molecule has 0 unspecified atom stereocenters. The van der Waals surface area contributed by atoms with Gasteiger partial charge in [0, 0.05) is 25.0 Å². The van der Waals surface area contributed by atoms with Crippen molar-refractivity contribution in [1.29, 1.82) is 0 Å². The quantitative estimate of drug-likeness (QED) is 0.831. The van der Waals surface area contributed by atoms with Gasteiger partial charge in [-0.15, -0.1) is 0 Å². The molecule has 1 amide bonds. The van der Waals surface area contributed by atoms with Crippen molar-refractivity contribution in [3.63, 3.8) is 0 Å². The van der Waals surface area contributed by atoms with E-state index >= 15 is 0 Å². The molecule has 3 fully saturated rings. The number of pyridine rings is 1. The molecule has 0 spiro atoms. The lowest BCUT2D eigenvalue weighted by Crippen LogP contribution is -2.47.